The molecule has 0 aromatic carbocycles. The zero-order valence-electron chi connectivity index (χ0n) is 9.12. The standard InChI is InChI=1S/C10H21NO2S/c1-3-7-14(12,13)11-10-6-4-5-9(2)8-10/h9-11H,3-8H2,1-2H3. The van der Waals surface area contributed by atoms with Crippen molar-refractivity contribution >= 4 is 10.0 Å². The molecule has 0 aromatic heterocycles. The summed E-state index contributed by atoms with van der Waals surface area (Å²) < 4.78 is 25.8. The van der Waals surface area contributed by atoms with Gasteiger partial charge in [0.25, 0.3) is 0 Å². The number of nitrogens with one attached hydrogen (secondary N) is 1. The molecule has 1 aliphatic rings. The molecule has 1 saturated carbocycles. The highest BCUT2D eigenvalue weighted by Gasteiger charge is 2.22. The Morgan fingerprint density at radius 1 is 1.36 bits per heavy atom. The first-order valence-corrected chi connectivity index (χ1v) is 7.18. The molecule has 0 saturated heterocycles. The van der Waals surface area contributed by atoms with E-state index in [4.69, 9.17) is 0 Å². The largest absolute Gasteiger partial charge is 0.212 e. The molecular formula is C10H21NO2S. The van der Waals surface area contributed by atoms with Crippen LogP contribution in [0, 0.1) is 5.92 Å². The van der Waals surface area contributed by atoms with Crippen LogP contribution in [0.4, 0.5) is 0 Å². The Morgan fingerprint density at radius 2 is 2.07 bits per heavy atom. The van der Waals surface area contributed by atoms with E-state index in [1.54, 1.807) is 0 Å². The van der Waals surface area contributed by atoms with Crippen LogP contribution in [0.2, 0.25) is 0 Å². The van der Waals surface area contributed by atoms with Gasteiger partial charge in [0.15, 0.2) is 0 Å². The summed E-state index contributed by atoms with van der Waals surface area (Å²) in [6.07, 6.45) is 5.10. The topological polar surface area (TPSA) is 46.2 Å². The van der Waals surface area contributed by atoms with E-state index < -0.39 is 10.0 Å². The highest BCUT2D eigenvalue weighted by molar-refractivity contribution is 7.89. The molecule has 1 rings (SSSR count). The smallest absolute Gasteiger partial charge is 0.211 e. The summed E-state index contributed by atoms with van der Waals surface area (Å²) in [7, 11) is -3.00. The van der Waals surface area contributed by atoms with Gasteiger partial charge in [-0.1, -0.05) is 26.7 Å². The maximum absolute atomic E-state index is 11.5. The van der Waals surface area contributed by atoms with Gasteiger partial charge >= 0.3 is 0 Å². The summed E-state index contributed by atoms with van der Waals surface area (Å²) in [6.45, 7) is 4.09. The van der Waals surface area contributed by atoms with E-state index in [1.807, 2.05) is 6.92 Å². The zero-order chi connectivity index (χ0) is 10.6. The third kappa shape index (κ3) is 3.96. The van der Waals surface area contributed by atoms with Crippen LogP contribution in [-0.2, 0) is 10.0 Å². The summed E-state index contributed by atoms with van der Waals surface area (Å²) in [5.74, 6) is 0.927. The quantitative estimate of drug-likeness (QED) is 0.785. The Balaban J connectivity index is 2.43. The van der Waals surface area contributed by atoms with E-state index in [1.165, 1.54) is 6.42 Å². The first-order valence-electron chi connectivity index (χ1n) is 5.53. The molecule has 14 heavy (non-hydrogen) atoms. The van der Waals surface area contributed by atoms with E-state index in [2.05, 4.69) is 11.6 Å². The lowest BCUT2D eigenvalue weighted by Gasteiger charge is -2.27. The molecule has 0 amide bonds. The van der Waals surface area contributed by atoms with E-state index in [-0.39, 0.29) is 11.8 Å². The molecule has 2 unspecified atom stereocenters. The number of rotatable bonds is 4. The van der Waals surface area contributed by atoms with E-state index in [9.17, 15) is 8.42 Å². The van der Waals surface area contributed by atoms with Crippen LogP contribution in [0.1, 0.15) is 46.0 Å². The maximum atomic E-state index is 11.5. The summed E-state index contributed by atoms with van der Waals surface area (Å²) in [6, 6.07) is 0.190. The second-order valence-corrected chi connectivity index (χ2v) is 6.28. The molecule has 1 fully saturated rings. The van der Waals surface area contributed by atoms with Gasteiger partial charge in [0, 0.05) is 6.04 Å². The molecule has 0 aliphatic heterocycles. The lowest BCUT2D eigenvalue weighted by atomic mass is 9.88. The van der Waals surface area contributed by atoms with Gasteiger partial charge in [0.1, 0.15) is 0 Å². The van der Waals surface area contributed by atoms with Gasteiger partial charge in [-0.15, -0.1) is 0 Å². The minimum absolute atomic E-state index is 0.190. The molecule has 3 nitrogen and oxygen atoms in total. The van der Waals surface area contributed by atoms with Gasteiger partial charge in [-0.25, -0.2) is 13.1 Å². The van der Waals surface area contributed by atoms with E-state index >= 15 is 0 Å². The van der Waals surface area contributed by atoms with Gasteiger partial charge in [-0.3, -0.25) is 0 Å². The normalized spacial score (nSPS) is 29.0. The second-order valence-electron chi connectivity index (χ2n) is 4.41. The monoisotopic (exact) mass is 219 g/mol. The fraction of sp³-hybridized carbons (Fsp3) is 1.00. The zero-order valence-corrected chi connectivity index (χ0v) is 9.94. The first kappa shape index (κ1) is 12.0. The second kappa shape index (κ2) is 5.12. The Labute approximate surface area is 87.3 Å². The SMILES string of the molecule is CCCS(=O)(=O)NC1CCCC(C)C1. The average Bonchev–Trinajstić information content (AvgIpc) is 2.02. The van der Waals surface area contributed by atoms with Crippen molar-refractivity contribution in [2.24, 2.45) is 5.92 Å². The van der Waals surface area contributed by atoms with Gasteiger partial charge in [-0.05, 0) is 25.2 Å². The molecule has 0 radical (unpaired) electrons. The van der Waals surface area contributed by atoms with Crippen molar-refractivity contribution in [1.29, 1.82) is 0 Å². The molecule has 0 aromatic rings. The Morgan fingerprint density at radius 3 is 2.64 bits per heavy atom. The number of hydrogen-bond acceptors (Lipinski definition) is 2. The molecule has 2 atom stereocenters. The van der Waals surface area contributed by atoms with Crippen molar-refractivity contribution in [1.82, 2.24) is 4.72 Å². The molecular weight excluding hydrogens is 198 g/mol. The van der Waals surface area contributed by atoms with Crippen molar-refractivity contribution in [3.05, 3.63) is 0 Å². The minimum atomic E-state index is -3.00. The van der Waals surface area contributed by atoms with Crippen molar-refractivity contribution in [3.63, 3.8) is 0 Å². The van der Waals surface area contributed by atoms with Crippen LogP contribution in [0.15, 0.2) is 0 Å². The maximum Gasteiger partial charge on any atom is 0.211 e. The molecule has 4 heteroatoms. The van der Waals surface area contributed by atoms with E-state index in [0.717, 1.165) is 19.3 Å². The highest BCUT2D eigenvalue weighted by Crippen LogP contribution is 2.23. The Bertz CT molecular complexity index is 261. The van der Waals surface area contributed by atoms with Gasteiger partial charge < -0.3 is 0 Å². The average molecular weight is 219 g/mol. The molecule has 84 valence electrons. The minimum Gasteiger partial charge on any atom is -0.212 e. The van der Waals surface area contributed by atoms with Crippen molar-refractivity contribution in [2.45, 2.75) is 52.0 Å². The summed E-state index contributed by atoms with van der Waals surface area (Å²) in [5, 5.41) is 0. The van der Waals surface area contributed by atoms with Crippen LogP contribution in [-0.4, -0.2) is 20.2 Å². The van der Waals surface area contributed by atoms with Crippen LogP contribution < -0.4 is 4.72 Å². The highest BCUT2D eigenvalue weighted by atomic mass is 32.2. The van der Waals surface area contributed by atoms with Crippen molar-refractivity contribution in [2.75, 3.05) is 5.75 Å². The van der Waals surface area contributed by atoms with Crippen molar-refractivity contribution in [3.8, 4) is 0 Å². The fourth-order valence-corrected chi connectivity index (χ4v) is 3.50. The molecule has 0 bridgehead atoms. The third-order valence-electron chi connectivity index (χ3n) is 2.76. The predicted octanol–water partition coefficient (Wildman–Crippen LogP) is 1.89. The Kier molecular flexibility index (Phi) is 4.38. The van der Waals surface area contributed by atoms with Crippen LogP contribution >= 0.6 is 0 Å². The van der Waals surface area contributed by atoms with Gasteiger partial charge in [0.2, 0.25) is 10.0 Å². The van der Waals surface area contributed by atoms with Gasteiger partial charge in [0.05, 0.1) is 5.75 Å². The summed E-state index contributed by atoms with van der Waals surface area (Å²) in [4.78, 5) is 0. The number of sulfonamides is 1. The van der Waals surface area contributed by atoms with Crippen LogP contribution in [0.3, 0.4) is 0 Å². The van der Waals surface area contributed by atoms with E-state index in [0.29, 0.717) is 12.3 Å². The molecule has 1 N–H and O–H groups in total. The van der Waals surface area contributed by atoms with Crippen molar-refractivity contribution < 1.29 is 8.42 Å². The first-order chi connectivity index (χ1) is 6.53. The van der Waals surface area contributed by atoms with Crippen LogP contribution in [0.25, 0.3) is 0 Å². The number of hydrogen-bond donors (Lipinski definition) is 1. The summed E-state index contributed by atoms with van der Waals surface area (Å²) >= 11 is 0. The lowest BCUT2D eigenvalue weighted by molar-refractivity contribution is 0.327. The predicted molar refractivity (Wildman–Crippen MR) is 58.6 cm³/mol. The fourth-order valence-electron chi connectivity index (χ4n) is 2.12. The third-order valence-corrected chi connectivity index (χ3v) is 4.39. The summed E-state index contributed by atoms with van der Waals surface area (Å²) in [5.41, 5.74) is 0. The molecule has 0 spiro atoms. The Hall–Kier alpha value is -0.0900. The van der Waals surface area contributed by atoms with Crippen LogP contribution in [0.5, 0.6) is 0 Å². The van der Waals surface area contributed by atoms with Gasteiger partial charge in [-0.2, -0.15) is 0 Å². The molecule has 1 aliphatic carbocycles. The lowest BCUT2D eigenvalue weighted by Crippen LogP contribution is -2.39. The molecule has 0 heterocycles.